The van der Waals surface area contributed by atoms with Crippen LogP contribution in [0.1, 0.15) is 59.3 Å². The molecular formula is C12H24O2S. The van der Waals surface area contributed by atoms with Crippen molar-refractivity contribution in [1.82, 2.24) is 0 Å². The Morgan fingerprint density at radius 1 is 1.13 bits per heavy atom. The third kappa shape index (κ3) is 4.92. The first-order valence-corrected chi connectivity index (χ1v) is 6.98. The molecule has 0 bridgehead atoms. The Bertz CT molecular complexity index is 176. The second-order valence-corrected chi connectivity index (χ2v) is 5.39. The quantitative estimate of drug-likeness (QED) is 0.612. The van der Waals surface area contributed by atoms with Crippen LogP contribution in [0.4, 0.5) is 0 Å². The van der Waals surface area contributed by atoms with E-state index in [1.165, 1.54) is 19.3 Å². The first kappa shape index (κ1) is 14.8. The molecule has 0 aliphatic carbocycles. The molecule has 0 aromatic carbocycles. The summed E-state index contributed by atoms with van der Waals surface area (Å²) in [6.45, 7) is 6.13. The molecule has 0 saturated carbocycles. The first-order chi connectivity index (χ1) is 7.13. The van der Waals surface area contributed by atoms with Crippen LogP contribution in [0, 0.1) is 0 Å². The lowest BCUT2D eigenvalue weighted by atomic mass is 10.0. The normalized spacial score (nSPS) is 11.7. The molecule has 0 amide bonds. The van der Waals surface area contributed by atoms with E-state index >= 15 is 0 Å². The van der Waals surface area contributed by atoms with E-state index in [0.29, 0.717) is 0 Å². The molecule has 90 valence electrons. The maximum atomic E-state index is 11.2. The summed E-state index contributed by atoms with van der Waals surface area (Å²) in [7, 11) is 0. The molecule has 0 aromatic rings. The maximum absolute atomic E-state index is 11.2. The van der Waals surface area contributed by atoms with Gasteiger partial charge in [-0.25, -0.2) is 0 Å². The van der Waals surface area contributed by atoms with Crippen molar-refractivity contribution in [3.8, 4) is 0 Å². The molecular weight excluding hydrogens is 208 g/mol. The number of thioether (sulfide) groups is 1. The summed E-state index contributed by atoms with van der Waals surface area (Å²) in [5, 5.41) is 9.21. The highest BCUT2D eigenvalue weighted by molar-refractivity contribution is 8.01. The molecule has 0 atom stereocenters. The fourth-order valence-corrected chi connectivity index (χ4v) is 2.89. The molecule has 0 aromatic heterocycles. The third-order valence-corrected chi connectivity index (χ3v) is 4.71. The number of unbranched alkanes of at least 4 members (excludes halogenated alkanes) is 3. The number of hydrogen-bond donors (Lipinski definition) is 1. The summed E-state index contributed by atoms with van der Waals surface area (Å²) in [5.74, 6) is 0.335. The average molecular weight is 232 g/mol. The van der Waals surface area contributed by atoms with Gasteiger partial charge in [-0.15, -0.1) is 11.8 Å². The van der Waals surface area contributed by atoms with Gasteiger partial charge in [0, 0.05) is 0 Å². The van der Waals surface area contributed by atoms with Gasteiger partial charge in [0.2, 0.25) is 0 Å². The molecule has 15 heavy (non-hydrogen) atoms. The summed E-state index contributed by atoms with van der Waals surface area (Å²) in [5.41, 5.74) is 0. The molecule has 0 aliphatic heterocycles. The Morgan fingerprint density at radius 3 is 2.13 bits per heavy atom. The van der Waals surface area contributed by atoms with E-state index in [9.17, 15) is 9.90 Å². The second kappa shape index (κ2) is 8.03. The molecule has 2 nitrogen and oxygen atoms in total. The van der Waals surface area contributed by atoms with Crippen molar-refractivity contribution in [2.45, 2.75) is 64.0 Å². The zero-order chi connectivity index (χ0) is 11.7. The topological polar surface area (TPSA) is 37.3 Å². The molecule has 0 rings (SSSR count). The maximum Gasteiger partial charge on any atom is 0.319 e. The highest BCUT2D eigenvalue weighted by Crippen LogP contribution is 2.33. The van der Waals surface area contributed by atoms with Crippen LogP contribution in [0.15, 0.2) is 0 Å². The van der Waals surface area contributed by atoms with E-state index in [4.69, 9.17) is 0 Å². The highest BCUT2D eigenvalue weighted by Gasteiger charge is 2.34. The smallest absolute Gasteiger partial charge is 0.319 e. The van der Waals surface area contributed by atoms with Gasteiger partial charge in [-0.2, -0.15) is 0 Å². The van der Waals surface area contributed by atoms with Crippen molar-refractivity contribution in [2.24, 2.45) is 0 Å². The molecule has 0 radical (unpaired) electrons. The third-order valence-electron chi connectivity index (χ3n) is 2.91. The monoisotopic (exact) mass is 232 g/mol. The van der Waals surface area contributed by atoms with E-state index in [2.05, 4.69) is 6.92 Å². The second-order valence-electron chi connectivity index (χ2n) is 3.92. The lowest BCUT2D eigenvalue weighted by Crippen LogP contribution is -2.33. The predicted molar refractivity (Wildman–Crippen MR) is 67.5 cm³/mol. The Kier molecular flexibility index (Phi) is 7.93. The number of rotatable bonds is 9. The van der Waals surface area contributed by atoms with E-state index in [0.717, 1.165) is 25.0 Å². The van der Waals surface area contributed by atoms with Crippen molar-refractivity contribution in [2.75, 3.05) is 5.75 Å². The van der Waals surface area contributed by atoms with Crippen LogP contribution in [-0.2, 0) is 4.79 Å². The number of carbonyl (C=O) groups is 1. The molecule has 0 spiro atoms. The minimum atomic E-state index is -0.645. The lowest BCUT2D eigenvalue weighted by molar-refractivity contribution is -0.140. The predicted octanol–water partition coefficient (Wildman–Crippen LogP) is 3.94. The molecule has 0 unspecified atom stereocenters. The van der Waals surface area contributed by atoms with Gasteiger partial charge >= 0.3 is 5.97 Å². The van der Waals surface area contributed by atoms with Crippen LogP contribution in [0.25, 0.3) is 0 Å². The van der Waals surface area contributed by atoms with E-state index in [1.54, 1.807) is 11.8 Å². The number of carboxylic acid groups (broad SMARTS) is 1. The summed E-state index contributed by atoms with van der Waals surface area (Å²) < 4.78 is -0.536. The Labute approximate surface area is 97.8 Å². The zero-order valence-electron chi connectivity index (χ0n) is 10.2. The van der Waals surface area contributed by atoms with Gasteiger partial charge < -0.3 is 5.11 Å². The SMILES string of the molecule is CCCCCCSC(CC)(CC)C(=O)O. The highest BCUT2D eigenvalue weighted by atomic mass is 32.2. The number of hydrogen-bond acceptors (Lipinski definition) is 2. The van der Waals surface area contributed by atoms with Crippen LogP contribution in [-0.4, -0.2) is 21.6 Å². The Balaban J connectivity index is 3.91. The van der Waals surface area contributed by atoms with Crippen molar-refractivity contribution >= 4 is 17.7 Å². The van der Waals surface area contributed by atoms with Gasteiger partial charge in [-0.1, -0.05) is 40.0 Å². The van der Waals surface area contributed by atoms with Gasteiger partial charge in [0.1, 0.15) is 4.75 Å². The Morgan fingerprint density at radius 2 is 1.73 bits per heavy atom. The number of carboxylic acids is 1. The van der Waals surface area contributed by atoms with Crippen molar-refractivity contribution in [3.63, 3.8) is 0 Å². The number of aliphatic carboxylic acids is 1. The van der Waals surface area contributed by atoms with Crippen molar-refractivity contribution in [3.05, 3.63) is 0 Å². The van der Waals surface area contributed by atoms with Crippen LogP contribution in [0.3, 0.4) is 0 Å². The van der Waals surface area contributed by atoms with E-state index in [1.807, 2.05) is 13.8 Å². The lowest BCUT2D eigenvalue weighted by Gasteiger charge is -2.25. The van der Waals surface area contributed by atoms with Gasteiger partial charge in [0.25, 0.3) is 0 Å². The minimum absolute atomic E-state index is 0.536. The van der Waals surface area contributed by atoms with E-state index < -0.39 is 10.7 Å². The zero-order valence-corrected chi connectivity index (χ0v) is 11.0. The van der Waals surface area contributed by atoms with Crippen LogP contribution in [0.2, 0.25) is 0 Å². The van der Waals surface area contributed by atoms with Gasteiger partial charge in [0.15, 0.2) is 0 Å². The largest absolute Gasteiger partial charge is 0.480 e. The average Bonchev–Trinajstić information content (AvgIpc) is 2.23. The van der Waals surface area contributed by atoms with Gasteiger partial charge in [0.05, 0.1) is 0 Å². The van der Waals surface area contributed by atoms with E-state index in [-0.39, 0.29) is 0 Å². The fraction of sp³-hybridized carbons (Fsp3) is 0.917. The summed E-state index contributed by atoms with van der Waals surface area (Å²) in [4.78, 5) is 11.2. The summed E-state index contributed by atoms with van der Waals surface area (Å²) >= 11 is 1.63. The van der Waals surface area contributed by atoms with Gasteiger partial charge in [-0.05, 0) is 25.0 Å². The summed E-state index contributed by atoms with van der Waals surface area (Å²) in [6.07, 6.45) is 6.31. The molecule has 1 N–H and O–H groups in total. The first-order valence-electron chi connectivity index (χ1n) is 6.00. The molecule has 0 saturated heterocycles. The minimum Gasteiger partial charge on any atom is -0.480 e. The van der Waals surface area contributed by atoms with Crippen LogP contribution in [0.5, 0.6) is 0 Å². The standard InChI is InChI=1S/C12H24O2S/c1-4-7-8-9-10-15-12(5-2,6-3)11(13)14/h4-10H2,1-3H3,(H,13,14). The van der Waals surface area contributed by atoms with Crippen LogP contribution >= 0.6 is 11.8 Å². The molecule has 3 heteroatoms. The Hall–Kier alpha value is -0.180. The van der Waals surface area contributed by atoms with Crippen molar-refractivity contribution < 1.29 is 9.90 Å². The fourth-order valence-electron chi connectivity index (χ4n) is 1.61. The van der Waals surface area contributed by atoms with Crippen LogP contribution < -0.4 is 0 Å². The van der Waals surface area contributed by atoms with Gasteiger partial charge in [-0.3, -0.25) is 4.79 Å². The molecule has 0 heterocycles. The van der Waals surface area contributed by atoms with Crippen molar-refractivity contribution in [1.29, 1.82) is 0 Å². The summed E-state index contributed by atoms with van der Waals surface area (Å²) in [6, 6.07) is 0. The molecule has 0 fully saturated rings. The molecule has 0 aliphatic rings.